The topological polar surface area (TPSA) is 94.7 Å². The predicted octanol–water partition coefficient (Wildman–Crippen LogP) is 2.01. The van der Waals surface area contributed by atoms with E-state index in [9.17, 15) is 4.79 Å². The van der Waals surface area contributed by atoms with Gasteiger partial charge in [-0.15, -0.1) is 0 Å². The summed E-state index contributed by atoms with van der Waals surface area (Å²) in [6.45, 7) is 7.85. The van der Waals surface area contributed by atoms with E-state index in [1.165, 1.54) is 6.07 Å². The van der Waals surface area contributed by atoms with Crippen LogP contribution in [-0.2, 0) is 9.31 Å². The standard InChI is InChI=1S/C14H19BN2O4/c1-13(2)14(3,4)21-15(20-13)8-7-9-5-6-10(16)11(17-9)12(18)19/h5-8H,16H2,1-4H3,(H,18,19)/b8-7+. The fourth-order valence-corrected chi connectivity index (χ4v) is 1.89. The average Bonchev–Trinajstić information content (AvgIpc) is 2.56. The van der Waals surface area contributed by atoms with Gasteiger partial charge in [-0.1, -0.05) is 5.98 Å². The zero-order valence-corrected chi connectivity index (χ0v) is 12.6. The Morgan fingerprint density at radius 3 is 2.38 bits per heavy atom. The second-order valence-corrected chi connectivity index (χ2v) is 5.96. The van der Waals surface area contributed by atoms with Crippen molar-refractivity contribution in [2.75, 3.05) is 5.73 Å². The number of carboxylic acid groups (broad SMARTS) is 1. The highest BCUT2D eigenvalue weighted by atomic mass is 16.7. The van der Waals surface area contributed by atoms with Crippen LogP contribution >= 0.6 is 0 Å². The molecule has 0 spiro atoms. The molecular formula is C14H19BN2O4. The Morgan fingerprint density at radius 1 is 1.29 bits per heavy atom. The van der Waals surface area contributed by atoms with Crippen LogP contribution in [0, 0.1) is 0 Å². The number of carboxylic acids is 1. The number of nitrogen functional groups attached to an aromatic ring is 1. The van der Waals surface area contributed by atoms with Gasteiger partial charge in [0.05, 0.1) is 22.6 Å². The Morgan fingerprint density at radius 2 is 1.86 bits per heavy atom. The van der Waals surface area contributed by atoms with Gasteiger partial charge in [-0.05, 0) is 45.9 Å². The predicted molar refractivity (Wildman–Crippen MR) is 80.7 cm³/mol. The molecule has 0 amide bonds. The van der Waals surface area contributed by atoms with Crippen molar-refractivity contribution in [2.45, 2.75) is 38.9 Å². The maximum Gasteiger partial charge on any atom is 0.487 e. The van der Waals surface area contributed by atoms with Crippen molar-refractivity contribution in [3.05, 3.63) is 29.5 Å². The van der Waals surface area contributed by atoms with E-state index in [0.717, 1.165) is 0 Å². The largest absolute Gasteiger partial charge is 0.487 e. The third-order valence-corrected chi connectivity index (χ3v) is 3.85. The van der Waals surface area contributed by atoms with Gasteiger partial charge in [0.25, 0.3) is 0 Å². The molecule has 21 heavy (non-hydrogen) atoms. The summed E-state index contributed by atoms with van der Waals surface area (Å²) in [6, 6.07) is 3.16. The molecular weight excluding hydrogens is 271 g/mol. The van der Waals surface area contributed by atoms with Crippen molar-refractivity contribution < 1.29 is 19.2 Å². The monoisotopic (exact) mass is 290 g/mol. The van der Waals surface area contributed by atoms with E-state index in [4.69, 9.17) is 20.1 Å². The van der Waals surface area contributed by atoms with Gasteiger partial charge in [0.1, 0.15) is 0 Å². The molecule has 2 rings (SSSR count). The fraction of sp³-hybridized carbons (Fsp3) is 0.429. The van der Waals surface area contributed by atoms with Crippen molar-refractivity contribution in [2.24, 2.45) is 0 Å². The van der Waals surface area contributed by atoms with E-state index in [1.807, 2.05) is 27.7 Å². The maximum absolute atomic E-state index is 11.0. The van der Waals surface area contributed by atoms with Gasteiger partial charge in [-0.25, -0.2) is 9.78 Å². The van der Waals surface area contributed by atoms with Crippen LogP contribution < -0.4 is 5.73 Å². The van der Waals surface area contributed by atoms with Crippen LogP contribution in [0.15, 0.2) is 18.1 Å². The van der Waals surface area contributed by atoms with E-state index in [0.29, 0.717) is 5.69 Å². The molecule has 1 aliphatic heterocycles. The number of rotatable bonds is 3. The van der Waals surface area contributed by atoms with Gasteiger partial charge in [-0.2, -0.15) is 0 Å². The Kier molecular flexibility index (Phi) is 3.82. The van der Waals surface area contributed by atoms with Gasteiger partial charge in [0.2, 0.25) is 0 Å². The molecule has 1 fully saturated rings. The van der Waals surface area contributed by atoms with E-state index < -0.39 is 24.3 Å². The molecule has 0 radical (unpaired) electrons. The molecule has 7 heteroatoms. The minimum atomic E-state index is -1.15. The summed E-state index contributed by atoms with van der Waals surface area (Å²) < 4.78 is 11.6. The third kappa shape index (κ3) is 3.09. The van der Waals surface area contributed by atoms with Crippen LogP contribution in [0.2, 0.25) is 0 Å². The van der Waals surface area contributed by atoms with Gasteiger partial charge < -0.3 is 20.1 Å². The van der Waals surface area contributed by atoms with Crippen LogP contribution in [0.25, 0.3) is 6.08 Å². The molecule has 1 aromatic rings. The molecule has 3 N–H and O–H groups in total. The Labute approximate surface area is 124 Å². The first-order chi connectivity index (χ1) is 9.62. The van der Waals surface area contributed by atoms with E-state index in [-0.39, 0.29) is 11.4 Å². The van der Waals surface area contributed by atoms with Crippen molar-refractivity contribution in [3.63, 3.8) is 0 Å². The Balaban J connectivity index is 2.16. The number of nitrogens with zero attached hydrogens (tertiary/aromatic N) is 1. The molecule has 0 unspecified atom stereocenters. The average molecular weight is 290 g/mol. The first kappa shape index (κ1) is 15.5. The SMILES string of the molecule is CC1(C)OB(/C=C/c2ccc(N)c(C(=O)O)n2)OC1(C)C. The number of carbonyl (C=O) groups is 1. The molecule has 1 aliphatic rings. The van der Waals surface area contributed by atoms with Gasteiger partial charge in [0.15, 0.2) is 5.69 Å². The summed E-state index contributed by atoms with van der Waals surface area (Å²) in [5, 5.41) is 8.99. The first-order valence-corrected chi connectivity index (χ1v) is 6.66. The van der Waals surface area contributed by atoms with Crippen LogP contribution in [0.3, 0.4) is 0 Å². The second-order valence-electron chi connectivity index (χ2n) is 5.96. The van der Waals surface area contributed by atoms with Gasteiger partial charge in [0, 0.05) is 0 Å². The lowest BCUT2D eigenvalue weighted by molar-refractivity contribution is 0.00578. The molecule has 0 atom stereocenters. The minimum absolute atomic E-state index is 0.135. The van der Waals surface area contributed by atoms with Crippen molar-refractivity contribution >= 4 is 24.9 Å². The van der Waals surface area contributed by atoms with Crippen molar-refractivity contribution in [1.82, 2.24) is 4.98 Å². The molecule has 0 bridgehead atoms. The molecule has 0 aliphatic carbocycles. The zero-order valence-electron chi connectivity index (χ0n) is 12.6. The highest BCUT2D eigenvalue weighted by Crippen LogP contribution is 2.36. The molecule has 1 saturated heterocycles. The summed E-state index contributed by atoms with van der Waals surface area (Å²) in [7, 11) is -0.498. The van der Waals surface area contributed by atoms with E-state index in [2.05, 4.69) is 4.98 Å². The lowest BCUT2D eigenvalue weighted by Crippen LogP contribution is -2.41. The zero-order chi connectivity index (χ0) is 15.8. The number of hydrogen-bond donors (Lipinski definition) is 2. The molecule has 1 aromatic heterocycles. The maximum atomic E-state index is 11.0. The summed E-state index contributed by atoms with van der Waals surface area (Å²) in [5.41, 5.74) is 5.19. The number of nitrogens with two attached hydrogens (primary N) is 1. The number of pyridine rings is 1. The van der Waals surface area contributed by atoms with E-state index >= 15 is 0 Å². The minimum Gasteiger partial charge on any atom is -0.476 e. The molecule has 2 heterocycles. The van der Waals surface area contributed by atoms with Crippen LogP contribution in [-0.4, -0.2) is 34.4 Å². The van der Waals surface area contributed by atoms with Crippen molar-refractivity contribution in [1.29, 1.82) is 0 Å². The molecule has 6 nitrogen and oxygen atoms in total. The second kappa shape index (κ2) is 5.16. The van der Waals surface area contributed by atoms with Crippen molar-refractivity contribution in [3.8, 4) is 0 Å². The van der Waals surface area contributed by atoms with Crippen LogP contribution in [0.5, 0.6) is 0 Å². The quantitative estimate of drug-likeness (QED) is 0.827. The van der Waals surface area contributed by atoms with Gasteiger partial charge in [-0.3, -0.25) is 0 Å². The van der Waals surface area contributed by atoms with Gasteiger partial charge >= 0.3 is 13.1 Å². The van der Waals surface area contributed by atoms with Crippen LogP contribution in [0.1, 0.15) is 43.9 Å². The summed E-state index contributed by atoms with van der Waals surface area (Å²) in [5.74, 6) is 0.555. The summed E-state index contributed by atoms with van der Waals surface area (Å²) >= 11 is 0. The van der Waals surface area contributed by atoms with Crippen LogP contribution in [0.4, 0.5) is 5.69 Å². The Bertz CT molecular complexity index is 583. The summed E-state index contributed by atoms with van der Waals surface area (Å²) in [6.07, 6.45) is 1.66. The number of aromatic nitrogens is 1. The fourth-order valence-electron chi connectivity index (χ4n) is 1.89. The number of anilines is 1. The normalized spacial score (nSPS) is 20.1. The molecule has 0 aromatic carbocycles. The first-order valence-electron chi connectivity index (χ1n) is 6.66. The highest BCUT2D eigenvalue weighted by Gasteiger charge is 2.50. The summed E-state index contributed by atoms with van der Waals surface area (Å²) in [4.78, 5) is 15.0. The lowest BCUT2D eigenvalue weighted by Gasteiger charge is -2.32. The highest BCUT2D eigenvalue weighted by molar-refractivity contribution is 6.52. The molecule has 112 valence electrons. The van der Waals surface area contributed by atoms with E-state index in [1.54, 1.807) is 18.1 Å². The smallest absolute Gasteiger partial charge is 0.476 e. The lowest BCUT2D eigenvalue weighted by atomic mass is 9.89. The molecule has 0 saturated carbocycles. The third-order valence-electron chi connectivity index (χ3n) is 3.85. The number of hydrogen-bond acceptors (Lipinski definition) is 5. The Hall–Kier alpha value is -1.86. The number of aromatic carboxylic acids is 1.